The molecule has 3 rings (SSSR count). The van der Waals surface area contributed by atoms with E-state index in [-0.39, 0.29) is 17.7 Å². The SMILES string of the molecule is CC(C)Oc1ccccc1Nc1ccnc(Nc2ccccc2C(F)(F)F)n1. The van der Waals surface area contributed by atoms with Gasteiger partial charge in [0.25, 0.3) is 0 Å². The lowest BCUT2D eigenvalue weighted by Gasteiger charge is -2.16. The highest BCUT2D eigenvalue weighted by molar-refractivity contribution is 5.66. The number of ether oxygens (including phenoxy) is 1. The van der Waals surface area contributed by atoms with Gasteiger partial charge < -0.3 is 15.4 Å². The van der Waals surface area contributed by atoms with E-state index in [4.69, 9.17) is 4.74 Å². The molecule has 0 unspecified atom stereocenters. The Morgan fingerprint density at radius 2 is 1.57 bits per heavy atom. The third-order valence-corrected chi connectivity index (χ3v) is 3.65. The van der Waals surface area contributed by atoms with Crippen LogP contribution in [-0.2, 0) is 6.18 Å². The highest BCUT2D eigenvalue weighted by Crippen LogP contribution is 2.35. The lowest BCUT2D eigenvalue weighted by Crippen LogP contribution is -2.10. The molecule has 8 heteroatoms. The van der Waals surface area contributed by atoms with E-state index in [1.807, 2.05) is 38.1 Å². The first-order chi connectivity index (χ1) is 13.3. The second kappa shape index (κ2) is 8.16. The molecule has 0 spiro atoms. The quantitative estimate of drug-likeness (QED) is 0.561. The maximum atomic E-state index is 13.2. The fourth-order valence-corrected chi connectivity index (χ4v) is 2.51. The Morgan fingerprint density at radius 1 is 0.893 bits per heavy atom. The molecule has 1 heterocycles. The zero-order valence-electron chi connectivity index (χ0n) is 15.3. The van der Waals surface area contributed by atoms with Gasteiger partial charge in [-0.2, -0.15) is 18.2 Å². The largest absolute Gasteiger partial charge is 0.489 e. The van der Waals surface area contributed by atoms with E-state index in [1.54, 1.807) is 6.07 Å². The van der Waals surface area contributed by atoms with E-state index in [2.05, 4.69) is 20.6 Å². The molecule has 0 aliphatic carbocycles. The smallest absolute Gasteiger partial charge is 0.418 e. The molecule has 0 saturated carbocycles. The average Bonchev–Trinajstić information content (AvgIpc) is 2.63. The van der Waals surface area contributed by atoms with Crippen molar-refractivity contribution in [3.8, 4) is 5.75 Å². The molecule has 0 atom stereocenters. The minimum absolute atomic E-state index is 0.00977. The third-order valence-electron chi connectivity index (χ3n) is 3.65. The minimum atomic E-state index is -4.48. The molecule has 0 bridgehead atoms. The van der Waals surface area contributed by atoms with Gasteiger partial charge in [-0.1, -0.05) is 24.3 Å². The van der Waals surface area contributed by atoms with Crippen LogP contribution in [0.5, 0.6) is 5.75 Å². The third kappa shape index (κ3) is 4.91. The first-order valence-electron chi connectivity index (χ1n) is 8.62. The summed E-state index contributed by atoms with van der Waals surface area (Å²) in [7, 11) is 0. The number of hydrogen-bond donors (Lipinski definition) is 2. The number of para-hydroxylation sites is 3. The Morgan fingerprint density at radius 3 is 2.29 bits per heavy atom. The van der Waals surface area contributed by atoms with Crippen molar-refractivity contribution >= 4 is 23.1 Å². The fourth-order valence-electron chi connectivity index (χ4n) is 2.51. The predicted octanol–water partition coefficient (Wildman–Crippen LogP) is 5.77. The Kier molecular flexibility index (Phi) is 5.67. The van der Waals surface area contributed by atoms with Crippen LogP contribution in [0.4, 0.5) is 36.3 Å². The molecular formula is C20H19F3N4O. The van der Waals surface area contributed by atoms with E-state index in [1.165, 1.54) is 24.4 Å². The van der Waals surface area contributed by atoms with E-state index >= 15 is 0 Å². The van der Waals surface area contributed by atoms with Crippen LogP contribution in [0.3, 0.4) is 0 Å². The van der Waals surface area contributed by atoms with Gasteiger partial charge in [0.1, 0.15) is 11.6 Å². The highest BCUT2D eigenvalue weighted by Gasteiger charge is 2.33. The monoisotopic (exact) mass is 388 g/mol. The predicted molar refractivity (Wildman–Crippen MR) is 102 cm³/mol. The van der Waals surface area contributed by atoms with Crippen LogP contribution in [0, 0.1) is 0 Å². The zero-order valence-corrected chi connectivity index (χ0v) is 15.3. The number of nitrogens with one attached hydrogen (secondary N) is 2. The van der Waals surface area contributed by atoms with Crippen LogP contribution < -0.4 is 15.4 Å². The minimum Gasteiger partial charge on any atom is -0.489 e. The molecule has 0 fully saturated rings. The Hall–Kier alpha value is -3.29. The summed E-state index contributed by atoms with van der Waals surface area (Å²) in [5, 5.41) is 5.75. The van der Waals surface area contributed by atoms with Gasteiger partial charge in [-0.15, -0.1) is 0 Å². The van der Waals surface area contributed by atoms with Crippen LogP contribution >= 0.6 is 0 Å². The molecule has 3 aromatic rings. The molecule has 146 valence electrons. The molecule has 0 amide bonds. The molecule has 2 N–H and O–H groups in total. The Bertz CT molecular complexity index is 944. The maximum Gasteiger partial charge on any atom is 0.418 e. The lowest BCUT2D eigenvalue weighted by molar-refractivity contribution is -0.136. The molecule has 0 aliphatic rings. The van der Waals surface area contributed by atoms with Gasteiger partial charge >= 0.3 is 6.18 Å². The van der Waals surface area contributed by atoms with E-state index in [0.717, 1.165) is 6.07 Å². The fraction of sp³-hybridized carbons (Fsp3) is 0.200. The molecule has 28 heavy (non-hydrogen) atoms. The topological polar surface area (TPSA) is 59.1 Å². The summed E-state index contributed by atoms with van der Waals surface area (Å²) < 4.78 is 45.2. The lowest BCUT2D eigenvalue weighted by atomic mass is 10.1. The molecule has 0 radical (unpaired) electrons. The first-order valence-corrected chi connectivity index (χ1v) is 8.62. The average molecular weight is 388 g/mol. The van der Waals surface area contributed by atoms with Crippen LogP contribution in [0.15, 0.2) is 60.8 Å². The van der Waals surface area contributed by atoms with E-state index in [0.29, 0.717) is 17.3 Å². The van der Waals surface area contributed by atoms with Crippen molar-refractivity contribution < 1.29 is 17.9 Å². The van der Waals surface area contributed by atoms with Gasteiger partial charge in [-0.3, -0.25) is 0 Å². The number of anilines is 4. The van der Waals surface area contributed by atoms with E-state index < -0.39 is 11.7 Å². The summed E-state index contributed by atoms with van der Waals surface area (Å²) in [5.41, 5.74) is -0.208. The summed E-state index contributed by atoms with van der Waals surface area (Å²) in [6.45, 7) is 3.84. The molecule has 0 aliphatic heterocycles. The van der Waals surface area contributed by atoms with Crippen molar-refractivity contribution in [2.45, 2.75) is 26.1 Å². The first kappa shape index (κ1) is 19.5. The van der Waals surface area contributed by atoms with Crippen LogP contribution in [0.2, 0.25) is 0 Å². The van der Waals surface area contributed by atoms with Crippen molar-refractivity contribution in [2.24, 2.45) is 0 Å². The number of rotatable bonds is 6. The van der Waals surface area contributed by atoms with Crippen molar-refractivity contribution in [3.63, 3.8) is 0 Å². The second-order valence-electron chi connectivity index (χ2n) is 6.22. The van der Waals surface area contributed by atoms with Gasteiger partial charge in [-0.25, -0.2) is 4.98 Å². The van der Waals surface area contributed by atoms with Gasteiger partial charge in [0.2, 0.25) is 5.95 Å². The van der Waals surface area contributed by atoms with Crippen molar-refractivity contribution in [3.05, 3.63) is 66.4 Å². The number of nitrogens with zero attached hydrogens (tertiary/aromatic N) is 2. The van der Waals surface area contributed by atoms with Crippen LogP contribution in [-0.4, -0.2) is 16.1 Å². The number of hydrogen-bond acceptors (Lipinski definition) is 5. The van der Waals surface area contributed by atoms with Crippen LogP contribution in [0.1, 0.15) is 19.4 Å². The van der Waals surface area contributed by atoms with Gasteiger partial charge in [-0.05, 0) is 44.2 Å². The van der Waals surface area contributed by atoms with Crippen molar-refractivity contribution in [1.82, 2.24) is 9.97 Å². The highest BCUT2D eigenvalue weighted by atomic mass is 19.4. The number of aromatic nitrogens is 2. The maximum absolute atomic E-state index is 13.2. The van der Waals surface area contributed by atoms with Gasteiger partial charge in [0.05, 0.1) is 23.0 Å². The summed E-state index contributed by atoms with van der Waals surface area (Å²) >= 11 is 0. The summed E-state index contributed by atoms with van der Waals surface area (Å²) in [6.07, 6.45) is -3.03. The number of benzene rings is 2. The molecule has 2 aromatic carbocycles. The van der Waals surface area contributed by atoms with Gasteiger partial charge in [0, 0.05) is 6.20 Å². The van der Waals surface area contributed by atoms with Crippen LogP contribution in [0.25, 0.3) is 0 Å². The van der Waals surface area contributed by atoms with E-state index in [9.17, 15) is 13.2 Å². The zero-order chi connectivity index (χ0) is 20.1. The van der Waals surface area contributed by atoms with Crippen molar-refractivity contribution in [2.75, 3.05) is 10.6 Å². The van der Waals surface area contributed by atoms with Crippen molar-refractivity contribution in [1.29, 1.82) is 0 Å². The summed E-state index contributed by atoms with van der Waals surface area (Å²) in [5.74, 6) is 1.11. The Balaban J connectivity index is 1.83. The number of alkyl halides is 3. The normalized spacial score (nSPS) is 11.4. The summed E-state index contributed by atoms with van der Waals surface area (Å²) in [4.78, 5) is 8.26. The summed E-state index contributed by atoms with van der Waals surface area (Å²) in [6, 6.07) is 14.1. The standard InChI is InChI=1S/C20H19F3N4O/c1-13(2)28-17-10-6-5-9-16(17)25-18-11-12-24-19(27-18)26-15-8-4-3-7-14(15)20(21,22)23/h3-13H,1-2H3,(H2,24,25,26,27). The molecule has 0 saturated heterocycles. The number of halogens is 3. The second-order valence-corrected chi connectivity index (χ2v) is 6.22. The molecular weight excluding hydrogens is 369 g/mol. The Labute approximate surface area is 160 Å². The van der Waals surface area contributed by atoms with Gasteiger partial charge in [0.15, 0.2) is 0 Å². The molecule has 1 aromatic heterocycles. The molecule has 5 nitrogen and oxygen atoms in total.